The average molecular weight is 259 g/mol. The molecule has 0 amide bonds. The van der Waals surface area contributed by atoms with Gasteiger partial charge in [-0.15, -0.1) is 6.58 Å². The van der Waals surface area contributed by atoms with Crippen LogP contribution in [0.15, 0.2) is 35.3 Å². The van der Waals surface area contributed by atoms with Gasteiger partial charge in [-0.25, -0.2) is 4.39 Å². The van der Waals surface area contributed by atoms with Crippen LogP contribution in [-0.2, 0) is 0 Å². The largest absolute Gasteiger partial charge is 0.388 e. The molecule has 0 aliphatic heterocycles. The second-order valence-electron chi connectivity index (χ2n) is 3.05. The molecule has 0 aliphatic carbocycles. The van der Waals surface area contributed by atoms with Gasteiger partial charge in [0.1, 0.15) is 5.82 Å². The van der Waals surface area contributed by atoms with E-state index in [1.807, 2.05) is 0 Å². The van der Waals surface area contributed by atoms with Crippen molar-refractivity contribution in [1.82, 2.24) is 0 Å². The molecule has 1 nitrogen and oxygen atoms in total. The lowest BCUT2D eigenvalue weighted by Gasteiger charge is -2.10. The maximum Gasteiger partial charge on any atom is 0.130 e. The number of aliphatic hydroxyl groups excluding tert-OH is 1. The molecule has 1 atom stereocenters. The third-order valence-electron chi connectivity index (χ3n) is 1.97. The van der Waals surface area contributed by atoms with E-state index in [1.165, 1.54) is 6.07 Å². The number of rotatable bonds is 4. The van der Waals surface area contributed by atoms with Gasteiger partial charge in [-0.1, -0.05) is 28.1 Å². The number of aliphatic hydroxyl groups is 1. The minimum absolute atomic E-state index is 0.343. The van der Waals surface area contributed by atoms with Crippen molar-refractivity contribution in [2.75, 3.05) is 0 Å². The van der Waals surface area contributed by atoms with Crippen LogP contribution in [0.1, 0.15) is 24.5 Å². The van der Waals surface area contributed by atoms with E-state index in [0.717, 1.165) is 0 Å². The minimum atomic E-state index is -0.749. The summed E-state index contributed by atoms with van der Waals surface area (Å²) in [5.74, 6) is -0.379. The zero-order chi connectivity index (χ0) is 10.6. The zero-order valence-corrected chi connectivity index (χ0v) is 9.30. The third kappa shape index (κ3) is 2.93. The molecule has 1 N–H and O–H groups in total. The molecule has 0 saturated heterocycles. The smallest absolute Gasteiger partial charge is 0.130 e. The van der Waals surface area contributed by atoms with Gasteiger partial charge < -0.3 is 5.11 Å². The highest BCUT2D eigenvalue weighted by Gasteiger charge is 2.11. The van der Waals surface area contributed by atoms with Crippen molar-refractivity contribution < 1.29 is 9.50 Å². The molecular weight excluding hydrogens is 247 g/mol. The first kappa shape index (κ1) is 11.4. The lowest BCUT2D eigenvalue weighted by molar-refractivity contribution is 0.164. The molecule has 0 aromatic heterocycles. The summed E-state index contributed by atoms with van der Waals surface area (Å²) >= 11 is 3.16. The lowest BCUT2D eigenvalue weighted by Crippen LogP contribution is -2.00. The van der Waals surface area contributed by atoms with E-state index in [4.69, 9.17) is 0 Å². The van der Waals surface area contributed by atoms with Crippen molar-refractivity contribution >= 4 is 15.9 Å². The molecule has 0 fully saturated rings. The van der Waals surface area contributed by atoms with Crippen LogP contribution < -0.4 is 0 Å². The summed E-state index contributed by atoms with van der Waals surface area (Å²) in [6, 6.07) is 4.66. The van der Waals surface area contributed by atoms with E-state index in [2.05, 4.69) is 22.5 Å². The van der Waals surface area contributed by atoms with E-state index in [9.17, 15) is 9.50 Å². The molecule has 3 heteroatoms. The summed E-state index contributed by atoms with van der Waals surface area (Å²) in [4.78, 5) is 0. The Hall–Kier alpha value is -0.670. The first-order valence-electron chi connectivity index (χ1n) is 4.39. The van der Waals surface area contributed by atoms with Crippen molar-refractivity contribution in [1.29, 1.82) is 0 Å². The molecule has 1 rings (SSSR count). The Labute approximate surface area is 91.4 Å². The Morgan fingerprint density at radius 2 is 2.29 bits per heavy atom. The second-order valence-corrected chi connectivity index (χ2v) is 3.96. The van der Waals surface area contributed by atoms with Gasteiger partial charge in [-0.3, -0.25) is 0 Å². The molecule has 0 bridgehead atoms. The standard InChI is InChI=1S/C11H12BrFO/c1-2-3-4-11(14)9-6-5-8(12)7-10(9)13/h2,5-7,11,14H,1,3-4H2. The number of halogens is 2. The summed E-state index contributed by atoms with van der Waals surface area (Å²) < 4.78 is 14.0. The van der Waals surface area contributed by atoms with E-state index in [1.54, 1.807) is 18.2 Å². The number of hydrogen-bond donors (Lipinski definition) is 1. The van der Waals surface area contributed by atoms with Gasteiger partial charge in [-0.05, 0) is 25.0 Å². The third-order valence-corrected chi connectivity index (χ3v) is 2.46. The fourth-order valence-electron chi connectivity index (χ4n) is 1.20. The molecule has 0 saturated carbocycles. The number of allylic oxidation sites excluding steroid dienone is 1. The molecule has 0 heterocycles. The van der Waals surface area contributed by atoms with Gasteiger partial charge in [0.15, 0.2) is 0 Å². The van der Waals surface area contributed by atoms with Crippen LogP contribution in [0.5, 0.6) is 0 Å². The minimum Gasteiger partial charge on any atom is -0.388 e. The Bertz CT molecular complexity index is 325. The average Bonchev–Trinajstić information content (AvgIpc) is 2.14. The molecule has 1 aromatic carbocycles. The molecule has 0 aliphatic rings. The lowest BCUT2D eigenvalue weighted by atomic mass is 10.0. The fourth-order valence-corrected chi connectivity index (χ4v) is 1.54. The van der Waals surface area contributed by atoms with Crippen molar-refractivity contribution in [3.05, 3.63) is 46.7 Å². The summed E-state index contributed by atoms with van der Waals surface area (Å²) in [5, 5.41) is 9.62. The topological polar surface area (TPSA) is 20.2 Å². The highest BCUT2D eigenvalue weighted by Crippen LogP contribution is 2.24. The first-order chi connectivity index (χ1) is 6.65. The second kappa shape index (κ2) is 5.27. The van der Waals surface area contributed by atoms with Gasteiger partial charge in [0.05, 0.1) is 6.10 Å². The van der Waals surface area contributed by atoms with Gasteiger partial charge in [-0.2, -0.15) is 0 Å². The monoisotopic (exact) mass is 258 g/mol. The predicted molar refractivity (Wildman–Crippen MR) is 58.5 cm³/mol. The van der Waals surface area contributed by atoms with Gasteiger partial charge >= 0.3 is 0 Å². The van der Waals surface area contributed by atoms with Crippen molar-refractivity contribution in [3.8, 4) is 0 Å². The van der Waals surface area contributed by atoms with Crippen molar-refractivity contribution in [2.45, 2.75) is 18.9 Å². The van der Waals surface area contributed by atoms with E-state index in [-0.39, 0.29) is 5.82 Å². The van der Waals surface area contributed by atoms with Crippen LogP contribution in [0.3, 0.4) is 0 Å². The van der Waals surface area contributed by atoms with Crippen LogP contribution in [0, 0.1) is 5.82 Å². The van der Waals surface area contributed by atoms with Crippen LogP contribution in [0.25, 0.3) is 0 Å². The van der Waals surface area contributed by atoms with Crippen LogP contribution in [0.4, 0.5) is 4.39 Å². The predicted octanol–water partition coefficient (Wildman–Crippen LogP) is 3.59. The summed E-state index contributed by atoms with van der Waals surface area (Å²) in [7, 11) is 0. The van der Waals surface area contributed by atoms with E-state index in [0.29, 0.717) is 22.9 Å². The maximum absolute atomic E-state index is 13.3. The quantitative estimate of drug-likeness (QED) is 0.819. The Morgan fingerprint density at radius 3 is 2.86 bits per heavy atom. The highest BCUT2D eigenvalue weighted by atomic mass is 79.9. The highest BCUT2D eigenvalue weighted by molar-refractivity contribution is 9.10. The van der Waals surface area contributed by atoms with Crippen molar-refractivity contribution in [3.63, 3.8) is 0 Å². The Kier molecular flexibility index (Phi) is 4.29. The molecule has 1 unspecified atom stereocenters. The van der Waals surface area contributed by atoms with Crippen LogP contribution >= 0.6 is 15.9 Å². The molecule has 76 valence electrons. The number of benzene rings is 1. The van der Waals surface area contributed by atoms with Gasteiger partial charge in [0.25, 0.3) is 0 Å². The zero-order valence-electron chi connectivity index (χ0n) is 7.71. The molecule has 14 heavy (non-hydrogen) atoms. The Morgan fingerprint density at radius 1 is 1.57 bits per heavy atom. The summed E-state index contributed by atoms with van der Waals surface area (Å²) in [5.41, 5.74) is 0.343. The van der Waals surface area contributed by atoms with Gasteiger partial charge in [0.2, 0.25) is 0 Å². The molecule has 1 aromatic rings. The van der Waals surface area contributed by atoms with Gasteiger partial charge in [0, 0.05) is 10.0 Å². The fraction of sp³-hybridized carbons (Fsp3) is 0.273. The van der Waals surface area contributed by atoms with Crippen LogP contribution in [0.2, 0.25) is 0 Å². The normalized spacial score (nSPS) is 12.5. The molecular formula is C11H12BrFO. The van der Waals surface area contributed by atoms with E-state index < -0.39 is 6.10 Å². The summed E-state index contributed by atoms with van der Waals surface area (Å²) in [6.45, 7) is 3.55. The van der Waals surface area contributed by atoms with E-state index >= 15 is 0 Å². The summed E-state index contributed by atoms with van der Waals surface area (Å²) in [6.07, 6.45) is 2.14. The SMILES string of the molecule is C=CCCC(O)c1ccc(Br)cc1F. The molecule has 0 radical (unpaired) electrons. The maximum atomic E-state index is 13.3. The Balaban J connectivity index is 2.78. The van der Waals surface area contributed by atoms with Crippen LogP contribution in [-0.4, -0.2) is 5.11 Å². The first-order valence-corrected chi connectivity index (χ1v) is 5.18. The number of hydrogen-bond acceptors (Lipinski definition) is 1. The van der Waals surface area contributed by atoms with Crippen molar-refractivity contribution in [2.24, 2.45) is 0 Å². The molecule has 0 spiro atoms.